The van der Waals surface area contributed by atoms with E-state index >= 15 is 0 Å². The first-order valence-corrected chi connectivity index (χ1v) is 6.74. The third-order valence-electron chi connectivity index (χ3n) is 2.06. The Bertz CT molecular complexity index is 522. The number of sulfonamides is 1. The van der Waals surface area contributed by atoms with Crippen LogP contribution < -0.4 is 4.89 Å². The van der Waals surface area contributed by atoms with Gasteiger partial charge in [-0.1, -0.05) is 11.8 Å². The topological polar surface area (TPSA) is 111 Å². The normalized spacial score (nSPS) is 11.7. The smallest absolute Gasteiger partial charge is 0.331 e. The fourth-order valence-electron chi connectivity index (χ4n) is 1.29. The molecule has 0 aliphatic heterocycles. The highest BCUT2D eigenvalue weighted by Crippen LogP contribution is 2.09. The van der Waals surface area contributed by atoms with Gasteiger partial charge in [-0.2, -0.15) is 0 Å². The number of carboxylic acids is 1. The first kappa shape index (κ1) is 14.6. The lowest BCUT2D eigenvalue weighted by Gasteiger charge is -2.02. The van der Waals surface area contributed by atoms with E-state index < -0.39 is 22.6 Å². The minimum atomic E-state index is -3.94. The zero-order valence-electron chi connectivity index (χ0n) is 10.1. The van der Waals surface area contributed by atoms with Crippen molar-refractivity contribution in [3.8, 4) is 0 Å². The minimum Gasteiger partial charge on any atom is -0.479 e. The van der Waals surface area contributed by atoms with Crippen LogP contribution in [-0.4, -0.2) is 35.7 Å². The molecule has 0 unspecified atom stereocenters. The van der Waals surface area contributed by atoms with Crippen molar-refractivity contribution in [2.75, 3.05) is 6.61 Å². The van der Waals surface area contributed by atoms with Crippen molar-refractivity contribution < 1.29 is 23.2 Å². The van der Waals surface area contributed by atoms with E-state index in [0.29, 0.717) is 12.4 Å². The molecule has 0 bridgehead atoms. The number of imidazole rings is 1. The van der Waals surface area contributed by atoms with Gasteiger partial charge in [-0.05, 0) is 13.3 Å². The van der Waals surface area contributed by atoms with E-state index in [9.17, 15) is 13.2 Å². The highest BCUT2D eigenvalue weighted by atomic mass is 32.2. The molecule has 1 rings (SSSR count). The van der Waals surface area contributed by atoms with Crippen molar-refractivity contribution in [1.82, 2.24) is 14.4 Å². The predicted molar refractivity (Wildman–Crippen MR) is 61.2 cm³/mol. The molecule has 0 spiro atoms. The van der Waals surface area contributed by atoms with Crippen LogP contribution in [0.5, 0.6) is 0 Å². The number of hydrogen-bond acceptors (Lipinski definition) is 5. The Morgan fingerprint density at radius 2 is 2.28 bits per heavy atom. The summed E-state index contributed by atoms with van der Waals surface area (Å²) < 4.78 is 25.1. The molecule has 1 aromatic rings. The summed E-state index contributed by atoms with van der Waals surface area (Å²) in [6, 6.07) is 0. The second-order valence-electron chi connectivity index (χ2n) is 3.59. The van der Waals surface area contributed by atoms with Crippen LogP contribution in [0.4, 0.5) is 0 Å². The number of nitrogens with one attached hydrogen (secondary N) is 1. The van der Waals surface area contributed by atoms with Crippen molar-refractivity contribution in [3.63, 3.8) is 0 Å². The van der Waals surface area contributed by atoms with E-state index in [1.54, 1.807) is 16.4 Å². The second kappa shape index (κ2) is 5.94. The zero-order valence-corrected chi connectivity index (χ0v) is 10.9. The lowest BCUT2D eigenvalue weighted by Crippen LogP contribution is -2.27. The van der Waals surface area contributed by atoms with Gasteiger partial charge in [-0.25, -0.2) is 18.2 Å². The van der Waals surface area contributed by atoms with Crippen LogP contribution in [0.25, 0.3) is 0 Å². The van der Waals surface area contributed by atoms with Gasteiger partial charge in [-0.15, -0.1) is 0 Å². The SMILES string of the molecule is CCCn1cc(S(=O)(=O)NOCC(=O)O)nc1C. The van der Waals surface area contributed by atoms with E-state index in [2.05, 4.69) is 9.82 Å². The molecular weight excluding hydrogens is 262 g/mol. The molecule has 0 saturated heterocycles. The van der Waals surface area contributed by atoms with Crippen LogP contribution in [-0.2, 0) is 26.2 Å². The molecule has 0 aliphatic rings. The Labute approximate surface area is 105 Å². The number of aliphatic carboxylic acids is 1. The maximum atomic E-state index is 11.7. The van der Waals surface area contributed by atoms with E-state index in [1.165, 1.54) is 6.20 Å². The number of carboxylic acid groups (broad SMARTS) is 1. The average molecular weight is 277 g/mol. The zero-order chi connectivity index (χ0) is 13.8. The lowest BCUT2D eigenvalue weighted by atomic mass is 10.5. The number of nitrogens with zero attached hydrogens (tertiary/aromatic N) is 2. The Balaban J connectivity index is 2.78. The summed E-state index contributed by atoms with van der Waals surface area (Å²) in [5.74, 6) is -0.708. The van der Waals surface area contributed by atoms with Gasteiger partial charge in [0.2, 0.25) is 0 Å². The van der Waals surface area contributed by atoms with Crippen molar-refractivity contribution in [3.05, 3.63) is 12.0 Å². The molecule has 1 heterocycles. The Hall–Kier alpha value is -1.45. The first-order valence-electron chi connectivity index (χ1n) is 5.26. The van der Waals surface area contributed by atoms with E-state index in [4.69, 9.17) is 5.11 Å². The van der Waals surface area contributed by atoms with E-state index in [0.717, 1.165) is 6.42 Å². The van der Waals surface area contributed by atoms with Crippen molar-refractivity contribution in [2.45, 2.75) is 31.8 Å². The summed E-state index contributed by atoms with van der Waals surface area (Å²) in [5.41, 5.74) is 0. The van der Waals surface area contributed by atoms with E-state index in [-0.39, 0.29) is 5.03 Å². The molecule has 0 atom stereocenters. The summed E-state index contributed by atoms with van der Waals surface area (Å²) in [7, 11) is -3.94. The average Bonchev–Trinajstić information content (AvgIpc) is 2.61. The van der Waals surface area contributed by atoms with Gasteiger partial charge < -0.3 is 9.67 Å². The van der Waals surface area contributed by atoms with Gasteiger partial charge in [0.05, 0.1) is 0 Å². The summed E-state index contributed by atoms with van der Waals surface area (Å²) in [6.07, 6.45) is 2.23. The quantitative estimate of drug-likeness (QED) is 0.673. The number of aryl methyl sites for hydroxylation is 2. The van der Waals surface area contributed by atoms with Gasteiger partial charge in [-0.3, -0.25) is 4.84 Å². The Morgan fingerprint density at radius 3 is 2.83 bits per heavy atom. The van der Waals surface area contributed by atoms with Gasteiger partial charge >= 0.3 is 5.97 Å². The summed E-state index contributed by atoms with van der Waals surface area (Å²) >= 11 is 0. The number of hydrogen-bond donors (Lipinski definition) is 2. The highest BCUT2D eigenvalue weighted by molar-refractivity contribution is 7.89. The molecule has 0 aliphatic carbocycles. The standard InChI is InChI=1S/C9H15N3O5S/c1-3-4-12-5-8(10-7(12)2)18(15,16)11-17-6-9(13)14/h5,11H,3-4,6H2,1-2H3,(H,13,14). The molecule has 0 saturated carbocycles. The molecule has 8 nitrogen and oxygen atoms in total. The largest absolute Gasteiger partial charge is 0.479 e. The van der Waals surface area contributed by atoms with Crippen LogP contribution in [0.1, 0.15) is 19.2 Å². The van der Waals surface area contributed by atoms with Gasteiger partial charge in [0.1, 0.15) is 5.82 Å². The molecule has 0 amide bonds. The summed E-state index contributed by atoms with van der Waals surface area (Å²) in [4.78, 5) is 20.1. The van der Waals surface area contributed by atoms with Crippen molar-refractivity contribution in [2.24, 2.45) is 0 Å². The fraction of sp³-hybridized carbons (Fsp3) is 0.556. The molecular formula is C9H15N3O5S. The van der Waals surface area contributed by atoms with Crippen molar-refractivity contribution in [1.29, 1.82) is 0 Å². The maximum Gasteiger partial charge on any atom is 0.331 e. The summed E-state index contributed by atoms with van der Waals surface area (Å²) in [6.45, 7) is 3.55. The molecule has 102 valence electrons. The number of carbonyl (C=O) groups is 1. The number of rotatable bonds is 7. The molecule has 0 aromatic carbocycles. The fourth-order valence-corrected chi connectivity index (χ4v) is 2.11. The molecule has 18 heavy (non-hydrogen) atoms. The highest BCUT2D eigenvalue weighted by Gasteiger charge is 2.19. The lowest BCUT2D eigenvalue weighted by molar-refractivity contribution is -0.143. The van der Waals surface area contributed by atoms with Crippen LogP contribution in [0.3, 0.4) is 0 Å². The third kappa shape index (κ3) is 3.79. The van der Waals surface area contributed by atoms with Crippen LogP contribution in [0.15, 0.2) is 11.2 Å². The summed E-state index contributed by atoms with van der Waals surface area (Å²) in [5, 5.41) is 8.12. The maximum absolute atomic E-state index is 11.7. The third-order valence-corrected chi connectivity index (χ3v) is 3.14. The molecule has 0 radical (unpaired) electrons. The monoisotopic (exact) mass is 277 g/mol. The van der Waals surface area contributed by atoms with Gasteiger partial charge in [0.25, 0.3) is 10.0 Å². The molecule has 1 aromatic heterocycles. The van der Waals surface area contributed by atoms with Crippen LogP contribution >= 0.6 is 0 Å². The van der Waals surface area contributed by atoms with Crippen LogP contribution in [0.2, 0.25) is 0 Å². The van der Waals surface area contributed by atoms with Gasteiger partial charge in [0.15, 0.2) is 11.6 Å². The molecule has 2 N–H and O–H groups in total. The van der Waals surface area contributed by atoms with Crippen LogP contribution in [0, 0.1) is 6.92 Å². The molecule has 0 fully saturated rings. The predicted octanol–water partition coefficient (Wildman–Crippen LogP) is -0.104. The molecule has 9 heteroatoms. The second-order valence-corrected chi connectivity index (χ2v) is 5.18. The number of aromatic nitrogens is 2. The van der Waals surface area contributed by atoms with Gasteiger partial charge in [0, 0.05) is 12.7 Å². The Kier molecular flexibility index (Phi) is 4.82. The van der Waals surface area contributed by atoms with Crippen molar-refractivity contribution >= 4 is 16.0 Å². The first-order chi connectivity index (χ1) is 8.36. The minimum absolute atomic E-state index is 0.196. The Morgan fingerprint density at radius 1 is 1.61 bits per heavy atom. The van der Waals surface area contributed by atoms with E-state index in [1.807, 2.05) is 6.92 Å².